The molecule has 1 atom stereocenters. The highest BCUT2D eigenvalue weighted by Crippen LogP contribution is 2.44. The van der Waals surface area contributed by atoms with E-state index in [1.807, 2.05) is 57.2 Å². The molecule has 1 unspecified atom stereocenters. The van der Waals surface area contributed by atoms with Crippen LogP contribution in [-0.2, 0) is 9.59 Å². The van der Waals surface area contributed by atoms with Gasteiger partial charge in [0.1, 0.15) is 17.3 Å². The van der Waals surface area contributed by atoms with Gasteiger partial charge in [0, 0.05) is 11.3 Å². The number of aliphatic hydroxyl groups is 1. The number of aliphatic hydroxyl groups excluding tert-OH is 1. The molecule has 1 fully saturated rings. The molecule has 1 aliphatic rings. The second-order valence-corrected chi connectivity index (χ2v) is 10.1. The smallest absolute Gasteiger partial charge is 0.300 e. The zero-order valence-corrected chi connectivity index (χ0v) is 22.1. The number of carbonyl (C=O) groups is 2. The third-order valence-electron chi connectivity index (χ3n) is 6.92. The van der Waals surface area contributed by atoms with Crippen LogP contribution >= 0.6 is 0 Å². The Kier molecular flexibility index (Phi) is 7.12. The minimum atomic E-state index is -0.916. The summed E-state index contributed by atoms with van der Waals surface area (Å²) >= 11 is 0. The Morgan fingerprint density at radius 1 is 0.946 bits per heavy atom. The van der Waals surface area contributed by atoms with Crippen molar-refractivity contribution < 1.29 is 24.5 Å². The van der Waals surface area contributed by atoms with Gasteiger partial charge in [0.15, 0.2) is 0 Å². The molecule has 1 amide bonds. The number of hydrogen-bond donors (Lipinski definition) is 2. The van der Waals surface area contributed by atoms with E-state index in [1.54, 1.807) is 19.2 Å². The van der Waals surface area contributed by atoms with Crippen LogP contribution in [0.5, 0.6) is 11.5 Å². The van der Waals surface area contributed by atoms with Crippen molar-refractivity contribution in [2.75, 3.05) is 12.0 Å². The molecule has 4 rings (SSSR count). The first-order valence-electron chi connectivity index (χ1n) is 12.4. The topological polar surface area (TPSA) is 87.1 Å². The molecule has 3 aromatic rings. The fraction of sp³-hybridized carbons (Fsp3) is 0.290. The van der Waals surface area contributed by atoms with Gasteiger partial charge in [-0.2, -0.15) is 0 Å². The average Bonchev–Trinajstić information content (AvgIpc) is 3.13. The summed E-state index contributed by atoms with van der Waals surface area (Å²) < 4.78 is 5.54. The van der Waals surface area contributed by atoms with Gasteiger partial charge in [-0.15, -0.1) is 0 Å². The zero-order chi connectivity index (χ0) is 27.0. The van der Waals surface area contributed by atoms with E-state index in [1.165, 1.54) is 17.0 Å². The molecule has 0 bridgehead atoms. The summed E-state index contributed by atoms with van der Waals surface area (Å²) in [4.78, 5) is 28.4. The molecule has 6 heteroatoms. The van der Waals surface area contributed by atoms with Gasteiger partial charge < -0.3 is 14.9 Å². The van der Waals surface area contributed by atoms with Crippen molar-refractivity contribution in [3.63, 3.8) is 0 Å². The largest absolute Gasteiger partial charge is 0.508 e. The van der Waals surface area contributed by atoms with Crippen molar-refractivity contribution in [1.82, 2.24) is 0 Å². The molecule has 6 nitrogen and oxygen atoms in total. The van der Waals surface area contributed by atoms with Gasteiger partial charge in [-0.1, -0.05) is 52.0 Å². The van der Waals surface area contributed by atoms with Crippen LogP contribution < -0.4 is 9.64 Å². The normalized spacial score (nSPS) is 17.2. The molecule has 0 aromatic heterocycles. The second-order valence-electron chi connectivity index (χ2n) is 10.1. The van der Waals surface area contributed by atoms with Crippen LogP contribution in [0.25, 0.3) is 5.76 Å². The van der Waals surface area contributed by atoms with E-state index in [2.05, 4.69) is 13.8 Å². The first-order valence-corrected chi connectivity index (χ1v) is 12.4. The Morgan fingerprint density at radius 3 is 2.19 bits per heavy atom. The lowest BCUT2D eigenvalue weighted by atomic mass is 9.91. The Bertz CT molecular complexity index is 1390. The Balaban J connectivity index is 1.96. The number of aryl methyl sites for hydroxylation is 1. The standard InChI is InChI=1S/C31H33NO5/c1-17(2)20-10-12-22(13-11-20)32-28(21-8-7-9-23(33)15-21)27(30(35)31(32)36)29(34)25-16-24(18(3)4)26(37-6)14-19(25)5/h7-18,28,33-34H,1-6H3/b29-27+. The third-order valence-corrected chi connectivity index (χ3v) is 6.92. The summed E-state index contributed by atoms with van der Waals surface area (Å²) in [6, 6.07) is 16.6. The number of amides is 1. The number of anilines is 1. The number of ether oxygens (including phenoxy) is 1. The Morgan fingerprint density at radius 2 is 1.62 bits per heavy atom. The molecule has 3 aromatic carbocycles. The number of phenols is 1. The van der Waals surface area contributed by atoms with E-state index >= 15 is 0 Å². The minimum Gasteiger partial charge on any atom is -0.508 e. The molecular weight excluding hydrogens is 466 g/mol. The number of hydrogen-bond acceptors (Lipinski definition) is 5. The Hall–Kier alpha value is -4.06. The number of benzene rings is 3. The molecule has 0 saturated carbocycles. The van der Waals surface area contributed by atoms with Crippen LogP contribution in [0.1, 0.15) is 73.4 Å². The van der Waals surface area contributed by atoms with E-state index in [9.17, 15) is 19.8 Å². The highest BCUT2D eigenvalue weighted by Gasteiger charge is 2.47. The number of aromatic hydroxyl groups is 1. The second kappa shape index (κ2) is 10.1. The molecule has 1 saturated heterocycles. The SMILES string of the molecule is COc1cc(C)c(/C(O)=C2\C(=O)C(=O)N(c3ccc(C(C)C)cc3)C2c2cccc(O)c2)cc1C(C)C. The van der Waals surface area contributed by atoms with Crippen LogP contribution in [0.15, 0.2) is 66.2 Å². The number of Topliss-reactive ketones (excluding diaryl/α,β-unsaturated/α-hetero) is 1. The first-order chi connectivity index (χ1) is 17.5. The summed E-state index contributed by atoms with van der Waals surface area (Å²) in [5.74, 6) is -0.664. The highest BCUT2D eigenvalue weighted by molar-refractivity contribution is 6.51. The molecule has 0 aliphatic carbocycles. The first kappa shape index (κ1) is 26.0. The van der Waals surface area contributed by atoms with E-state index in [0.29, 0.717) is 34.0 Å². The molecule has 2 N–H and O–H groups in total. The van der Waals surface area contributed by atoms with Crippen LogP contribution in [0.3, 0.4) is 0 Å². The molecule has 1 heterocycles. The Labute approximate surface area is 217 Å². The van der Waals surface area contributed by atoms with Gasteiger partial charge in [0.05, 0.1) is 18.7 Å². The molecule has 1 aliphatic heterocycles. The predicted octanol–water partition coefficient (Wildman–Crippen LogP) is 6.58. The molecule has 0 spiro atoms. The summed E-state index contributed by atoms with van der Waals surface area (Å²) in [6.07, 6.45) is 0. The number of ketones is 1. The van der Waals surface area contributed by atoms with Crippen molar-refractivity contribution in [2.45, 2.75) is 52.5 Å². The van der Waals surface area contributed by atoms with Gasteiger partial charge in [-0.05, 0) is 77.4 Å². The van der Waals surface area contributed by atoms with Crippen molar-refractivity contribution in [3.8, 4) is 11.5 Å². The van der Waals surface area contributed by atoms with Crippen LogP contribution in [0.4, 0.5) is 5.69 Å². The van der Waals surface area contributed by atoms with Gasteiger partial charge in [-0.3, -0.25) is 14.5 Å². The van der Waals surface area contributed by atoms with E-state index in [4.69, 9.17) is 4.74 Å². The highest BCUT2D eigenvalue weighted by atomic mass is 16.5. The predicted molar refractivity (Wildman–Crippen MR) is 145 cm³/mol. The molecule has 37 heavy (non-hydrogen) atoms. The number of methoxy groups -OCH3 is 1. The summed E-state index contributed by atoms with van der Waals surface area (Å²) in [5.41, 5.74) is 4.18. The maximum atomic E-state index is 13.5. The monoisotopic (exact) mass is 499 g/mol. The lowest BCUT2D eigenvalue weighted by molar-refractivity contribution is -0.132. The van der Waals surface area contributed by atoms with Gasteiger partial charge in [0.25, 0.3) is 11.7 Å². The van der Waals surface area contributed by atoms with E-state index < -0.39 is 17.7 Å². The van der Waals surface area contributed by atoms with Gasteiger partial charge in [-0.25, -0.2) is 0 Å². The van der Waals surface area contributed by atoms with Gasteiger partial charge in [0.2, 0.25) is 0 Å². The lowest BCUT2D eigenvalue weighted by Gasteiger charge is -2.26. The maximum absolute atomic E-state index is 13.5. The fourth-order valence-electron chi connectivity index (χ4n) is 4.86. The lowest BCUT2D eigenvalue weighted by Crippen LogP contribution is -2.29. The van der Waals surface area contributed by atoms with Crippen molar-refractivity contribution in [3.05, 3.63) is 94.1 Å². The van der Waals surface area contributed by atoms with Crippen LogP contribution in [0, 0.1) is 6.92 Å². The average molecular weight is 500 g/mol. The molecule has 192 valence electrons. The van der Waals surface area contributed by atoms with Crippen molar-refractivity contribution in [1.29, 1.82) is 0 Å². The van der Waals surface area contributed by atoms with Gasteiger partial charge >= 0.3 is 0 Å². The third kappa shape index (κ3) is 4.71. The minimum absolute atomic E-state index is 0.000894. The molecule has 0 radical (unpaired) electrons. The van der Waals surface area contributed by atoms with Crippen molar-refractivity contribution >= 4 is 23.1 Å². The van der Waals surface area contributed by atoms with Crippen LogP contribution in [0.2, 0.25) is 0 Å². The van der Waals surface area contributed by atoms with Crippen LogP contribution in [-0.4, -0.2) is 29.0 Å². The fourth-order valence-corrected chi connectivity index (χ4v) is 4.86. The number of rotatable bonds is 6. The summed E-state index contributed by atoms with van der Waals surface area (Å²) in [5, 5.41) is 21.8. The van der Waals surface area contributed by atoms with E-state index in [-0.39, 0.29) is 23.0 Å². The quantitative estimate of drug-likeness (QED) is 0.227. The number of nitrogens with zero attached hydrogens (tertiary/aromatic N) is 1. The summed E-state index contributed by atoms with van der Waals surface area (Å²) in [6.45, 7) is 10.0. The summed E-state index contributed by atoms with van der Waals surface area (Å²) in [7, 11) is 1.60. The van der Waals surface area contributed by atoms with E-state index in [0.717, 1.165) is 11.1 Å². The number of phenolic OH excluding ortho intramolecular Hbond substituents is 1. The number of carbonyl (C=O) groups excluding carboxylic acids is 2. The zero-order valence-electron chi connectivity index (χ0n) is 22.1. The van der Waals surface area contributed by atoms with Crippen molar-refractivity contribution in [2.24, 2.45) is 0 Å². The maximum Gasteiger partial charge on any atom is 0.300 e. The molecular formula is C31H33NO5.